The summed E-state index contributed by atoms with van der Waals surface area (Å²) in [5, 5.41) is 11.6. The molecule has 35 heavy (non-hydrogen) atoms. The van der Waals surface area contributed by atoms with Gasteiger partial charge in [0.1, 0.15) is 11.5 Å². The Kier molecular flexibility index (Phi) is 6.89. The summed E-state index contributed by atoms with van der Waals surface area (Å²) in [6, 6.07) is 18.5. The molecule has 3 aromatic rings. The fourth-order valence-electron chi connectivity index (χ4n) is 3.94. The molecule has 0 aliphatic carbocycles. The Bertz CT molecular complexity index is 1300. The van der Waals surface area contributed by atoms with E-state index in [4.69, 9.17) is 21.1 Å². The van der Waals surface area contributed by atoms with Crippen molar-refractivity contribution in [3.05, 3.63) is 100 Å². The van der Waals surface area contributed by atoms with Crippen molar-refractivity contribution in [2.75, 3.05) is 18.6 Å². The van der Waals surface area contributed by atoms with E-state index in [0.29, 0.717) is 33.1 Å². The van der Waals surface area contributed by atoms with Crippen LogP contribution < -0.4 is 9.64 Å². The summed E-state index contributed by atoms with van der Waals surface area (Å²) in [4.78, 5) is 39.8. The highest BCUT2D eigenvalue weighted by Crippen LogP contribution is 2.42. The quantitative estimate of drug-likeness (QED) is 0.222. The normalized spacial score (nSPS) is 16.9. The molecule has 1 aliphatic rings. The van der Waals surface area contributed by atoms with Crippen LogP contribution in [0, 0.1) is 0 Å². The van der Waals surface area contributed by atoms with Gasteiger partial charge in [-0.05, 0) is 73.2 Å². The number of Topliss-reactive ketones (excluding diaryl/α,β-unsaturated/α-hetero) is 1. The molecule has 1 saturated heterocycles. The van der Waals surface area contributed by atoms with Gasteiger partial charge in [0.25, 0.3) is 11.7 Å². The maximum absolute atomic E-state index is 13.2. The Balaban J connectivity index is 1.85. The third kappa shape index (κ3) is 4.63. The van der Waals surface area contributed by atoms with E-state index in [2.05, 4.69) is 0 Å². The van der Waals surface area contributed by atoms with Crippen LogP contribution in [-0.2, 0) is 14.3 Å². The number of aliphatic hydroxyl groups excluding tert-OH is 1. The average molecular weight is 492 g/mol. The largest absolute Gasteiger partial charge is 0.507 e. The molecule has 3 aromatic carbocycles. The smallest absolute Gasteiger partial charge is 0.338 e. The van der Waals surface area contributed by atoms with Crippen LogP contribution in [0.4, 0.5) is 5.69 Å². The number of ether oxygens (including phenoxy) is 2. The van der Waals surface area contributed by atoms with E-state index in [1.807, 2.05) is 0 Å². The van der Waals surface area contributed by atoms with Crippen LogP contribution in [0.1, 0.15) is 34.5 Å². The number of carbonyl (C=O) groups excluding carboxylic acids is 3. The zero-order chi connectivity index (χ0) is 25.1. The van der Waals surface area contributed by atoms with E-state index in [9.17, 15) is 19.5 Å². The van der Waals surface area contributed by atoms with Crippen molar-refractivity contribution in [2.24, 2.45) is 0 Å². The van der Waals surface area contributed by atoms with Crippen LogP contribution in [0.5, 0.6) is 5.75 Å². The second-order valence-electron chi connectivity index (χ2n) is 7.72. The monoisotopic (exact) mass is 491 g/mol. The summed E-state index contributed by atoms with van der Waals surface area (Å²) in [5.41, 5.74) is 1.58. The van der Waals surface area contributed by atoms with Crippen molar-refractivity contribution >= 4 is 40.7 Å². The highest BCUT2D eigenvalue weighted by molar-refractivity contribution is 6.51. The molecule has 1 N–H and O–H groups in total. The van der Waals surface area contributed by atoms with Gasteiger partial charge in [0.05, 0.1) is 30.9 Å². The van der Waals surface area contributed by atoms with Gasteiger partial charge in [-0.1, -0.05) is 23.7 Å². The first-order valence-electron chi connectivity index (χ1n) is 10.8. The van der Waals surface area contributed by atoms with Gasteiger partial charge in [0, 0.05) is 16.3 Å². The number of esters is 1. The molecule has 1 atom stereocenters. The number of benzene rings is 3. The summed E-state index contributed by atoms with van der Waals surface area (Å²) in [5.74, 6) is -1.83. The summed E-state index contributed by atoms with van der Waals surface area (Å²) in [6.07, 6.45) is 0. The van der Waals surface area contributed by atoms with Gasteiger partial charge in [-0.2, -0.15) is 0 Å². The van der Waals surface area contributed by atoms with Crippen molar-refractivity contribution < 1.29 is 29.0 Å². The Morgan fingerprint density at radius 3 is 2.11 bits per heavy atom. The molecule has 0 spiro atoms. The number of hydrogen-bond donors (Lipinski definition) is 1. The highest BCUT2D eigenvalue weighted by atomic mass is 35.5. The van der Waals surface area contributed by atoms with Crippen molar-refractivity contribution in [3.8, 4) is 5.75 Å². The standard InChI is InChI=1S/C27H22ClNO6/c1-3-35-27(33)18-6-12-20(13-7-18)29-23(16-8-14-21(34-2)15-9-16)22(25(31)26(29)32)24(30)17-4-10-19(28)11-5-17/h4-15,23,30H,3H2,1-2H3. The van der Waals surface area contributed by atoms with Crippen molar-refractivity contribution in [2.45, 2.75) is 13.0 Å². The van der Waals surface area contributed by atoms with E-state index in [1.165, 1.54) is 24.1 Å². The number of rotatable bonds is 6. The molecule has 1 heterocycles. The van der Waals surface area contributed by atoms with E-state index in [-0.39, 0.29) is 17.9 Å². The molecular weight excluding hydrogens is 470 g/mol. The van der Waals surface area contributed by atoms with Gasteiger partial charge in [-0.15, -0.1) is 0 Å². The van der Waals surface area contributed by atoms with Crippen molar-refractivity contribution in [3.63, 3.8) is 0 Å². The van der Waals surface area contributed by atoms with E-state index in [0.717, 1.165) is 0 Å². The fraction of sp³-hybridized carbons (Fsp3) is 0.148. The van der Waals surface area contributed by atoms with E-state index >= 15 is 0 Å². The lowest BCUT2D eigenvalue weighted by Crippen LogP contribution is -2.29. The second-order valence-corrected chi connectivity index (χ2v) is 8.15. The predicted octanol–water partition coefficient (Wildman–Crippen LogP) is 5.15. The second kappa shape index (κ2) is 10.0. The summed E-state index contributed by atoms with van der Waals surface area (Å²) in [7, 11) is 1.53. The number of ketones is 1. The fourth-order valence-corrected chi connectivity index (χ4v) is 4.06. The lowest BCUT2D eigenvalue weighted by atomic mass is 9.95. The third-order valence-corrected chi connectivity index (χ3v) is 5.90. The molecular formula is C27H22ClNO6. The van der Waals surface area contributed by atoms with Gasteiger partial charge >= 0.3 is 5.97 Å². The Morgan fingerprint density at radius 2 is 1.54 bits per heavy atom. The first-order chi connectivity index (χ1) is 16.8. The zero-order valence-corrected chi connectivity index (χ0v) is 19.8. The summed E-state index contributed by atoms with van der Waals surface area (Å²) in [6.45, 7) is 1.94. The molecule has 0 aromatic heterocycles. The minimum atomic E-state index is -0.912. The van der Waals surface area contributed by atoms with E-state index in [1.54, 1.807) is 67.6 Å². The van der Waals surface area contributed by atoms with Crippen LogP contribution in [0.2, 0.25) is 5.02 Å². The summed E-state index contributed by atoms with van der Waals surface area (Å²) >= 11 is 5.97. The minimum Gasteiger partial charge on any atom is -0.507 e. The number of halogens is 1. The molecule has 1 amide bonds. The number of methoxy groups -OCH3 is 1. The van der Waals surface area contributed by atoms with Crippen molar-refractivity contribution in [1.29, 1.82) is 0 Å². The molecule has 7 nitrogen and oxygen atoms in total. The summed E-state index contributed by atoms with van der Waals surface area (Å²) < 4.78 is 10.2. The first-order valence-corrected chi connectivity index (χ1v) is 11.2. The van der Waals surface area contributed by atoms with Crippen molar-refractivity contribution in [1.82, 2.24) is 0 Å². The molecule has 8 heteroatoms. The molecule has 0 bridgehead atoms. The van der Waals surface area contributed by atoms with Gasteiger partial charge in [0.15, 0.2) is 0 Å². The van der Waals surface area contributed by atoms with Gasteiger partial charge in [0.2, 0.25) is 0 Å². The number of aliphatic hydroxyl groups is 1. The van der Waals surface area contributed by atoms with Crippen LogP contribution in [0.15, 0.2) is 78.4 Å². The van der Waals surface area contributed by atoms with Crippen LogP contribution in [0.25, 0.3) is 5.76 Å². The maximum Gasteiger partial charge on any atom is 0.338 e. The lowest BCUT2D eigenvalue weighted by Gasteiger charge is -2.25. The number of anilines is 1. The molecule has 1 unspecified atom stereocenters. The topological polar surface area (TPSA) is 93.1 Å². The zero-order valence-electron chi connectivity index (χ0n) is 19.0. The maximum atomic E-state index is 13.2. The highest BCUT2D eigenvalue weighted by Gasteiger charge is 2.47. The molecule has 0 saturated carbocycles. The SMILES string of the molecule is CCOC(=O)c1ccc(N2C(=O)C(=O)C(=C(O)c3ccc(Cl)cc3)C2c2ccc(OC)cc2)cc1. The van der Waals surface area contributed by atoms with Crippen LogP contribution in [0.3, 0.4) is 0 Å². The Hall–Kier alpha value is -4.10. The van der Waals surface area contributed by atoms with Gasteiger partial charge in [-0.25, -0.2) is 4.79 Å². The first kappa shape index (κ1) is 24.0. The van der Waals surface area contributed by atoms with Gasteiger partial charge < -0.3 is 14.6 Å². The number of amides is 1. The minimum absolute atomic E-state index is 0.0584. The van der Waals surface area contributed by atoms with Crippen LogP contribution in [-0.4, -0.2) is 36.5 Å². The molecule has 1 fully saturated rings. The number of carbonyl (C=O) groups is 3. The molecule has 1 aliphatic heterocycles. The van der Waals surface area contributed by atoms with Gasteiger partial charge in [-0.3, -0.25) is 14.5 Å². The Morgan fingerprint density at radius 1 is 0.943 bits per heavy atom. The third-order valence-electron chi connectivity index (χ3n) is 5.65. The number of hydrogen-bond acceptors (Lipinski definition) is 6. The molecule has 0 radical (unpaired) electrons. The average Bonchev–Trinajstić information content (AvgIpc) is 3.14. The number of nitrogens with zero attached hydrogens (tertiary/aromatic N) is 1. The molecule has 178 valence electrons. The lowest BCUT2D eigenvalue weighted by molar-refractivity contribution is -0.132. The van der Waals surface area contributed by atoms with E-state index < -0.39 is 23.7 Å². The Labute approximate surface area is 207 Å². The predicted molar refractivity (Wildman–Crippen MR) is 132 cm³/mol. The van der Waals surface area contributed by atoms with Crippen LogP contribution >= 0.6 is 11.6 Å². The molecule has 4 rings (SSSR count).